The number of hydrogen-bond acceptors (Lipinski definition) is 2. The van der Waals surface area contributed by atoms with Gasteiger partial charge >= 0.3 is 0 Å². The number of halogens is 2. The van der Waals surface area contributed by atoms with E-state index in [2.05, 4.69) is 26.1 Å². The summed E-state index contributed by atoms with van der Waals surface area (Å²) < 4.78 is 14.3. The van der Waals surface area contributed by atoms with Gasteiger partial charge in [-0.1, -0.05) is 19.3 Å². The SMILES string of the molecule is Fc1cc(N2CCCNC3(CCCCC3)C2)ccc1Br. The molecule has 1 aromatic carbocycles. The molecule has 4 heteroatoms. The van der Waals surface area contributed by atoms with Gasteiger partial charge in [-0.3, -0.25) is 0 Å². The van der Waals surface area contributed by atoms with Gasteiger partial charge in [0, 0.05) is 24.3 Å². The van der Waals surface area contributed by atoms with Gasteiger partial charge in [0.2, 0.25) is 0 Å². The molecule has 0 aromatic heterocycles. The number of nitrogens with zero attached hydrogens (tertiary/aromatic N) is 1. The van der Waals surface area contributed by atoms with Crippen molar-refractivity contribution in [3.63, 3.8) is 0 Å². The molecule has 0 radical (unpaired) electrons. The summed E-state index contributed by atoms with van der Waals surface area (Å²) in [7, 11) is 0. The molecule has 2 nitrogen and oxygen atoms in total. The van der Waals surface area contributed by atoms with Crippen molar-refractivity contribution in [2.75, 3.05) is 24.5 Å². The molecule has 110 valence electrons. The quantitative estimate of drug-likeness (QED) is 0.828. The lowest BCUT2D eigenvalue weighted by Crippen LogP contribution is -2.52. The monoisotopic (exact) mass is 340 g/mol. The Bertz CT molecular complexity index is 472. The minimum atomic E-state index is -0.169. The summed E-state index contributed by atoms with van der Waals surface area (Å²) in [6.07, 6.45) is 7.62. The molecule has 1 aliphatic carbocycles. The van der Waals surface area contributed by atoms with Crippen LogP contribution in [0.1, 0.15) is 38.5 Å². The third kappa shape index (κ3) is 3.01. The van der Waals surface area contributed by atoms with Crippen LogP contribution in [0.15, 0.2) is 22.7 Å². The minimum absolute atomic E-state index is 0.169. The molecular formula is C16H22BrFN2. The van der Waals surface area contributed by atoms with Gasteiger partial charge in [-0.2, -0.15) is 0 Å². The van der Waals surface area contributed by atoms with Crippen LogP contribution in [0.25, 0.3) is 0 Å². The molecule has 1 saturated carbocycles. The van der Waals surface area contributed by atoms with Crippen LogP contribution in [0.3, 0.4) is 0 Å². The third-order valence-corrected chi connectivity index (χ3v) is 5.32. The Hall–Kier alpha value is -0.610. The Morgan fingerprint density at radius 2 is 1.95 bits per heavy atom. The first-order valence-electron chi connectivity index (χ1n) is 7.64. The lowest BCUT2D eigenvalue weighted by molar-refractivity contribution is 0.246. The minimum Gasteiger partial charge on any atom is -0.370 e. The summed E-state index contributed by atoms with van der Waals surface area (Å²) in [5, 5.41) is 3.78. The average Bonchev–Trinajstić information content (AvgIpc) is 2.66. The summed E-state index contributed by atoms with van der Waals surface area (Å²) >= 11 is 3.23. The van der Waals surface area contributed by atoms with Gasteiger partial charge < -0.3 is 10.2 Å². The van der Waals surface area contributed by atoms with E-state index in [0.29, 0.717) is 4.47 Å². The maximum Gasteiger partial charge on any atom is 0.139 e. The van der Waals surface area contributed by atoms with Crippen molar-refractivity contribution >= 4 is 21.6 Å². The Morgan fingerprint density at radius 1 is 1.15 bits per heavy atom. The summed E-state index contributed by atoms with van der Waals surface area (Å²) in [5.74, 6) is -0.169. The summed E-state index contributed by atoms with van der Waals surface area (Å²) in [5.41, 5.74) is 1.26. The number of nitrogens with one attached hydrogen (secondary N) is 1. The highest BCUT2D eigenvalue weighted by Gasteiger charge is 2.35. The Kier molecular flexibility index (Phi) is 4.32. The molecule has 1 aliphatic heterocycles. The molecular weight excluding hydrogens is 319 g/mol. The highest BCUT2D eigenvalue weighted by Crippen LogP contribution is 2.32. The van der Waals surface area contributed by atoms with Crippen molar-refractivity contribution in [2.24, 2.45) is 0 Å². The standard InChI is InChI=1S/C16H22BrFN2/c17-14-6-5-13(11-15(14)18)20-10-4-9-19-16(12-20)7-2-1-3-8-16/h5-6,11,19H,1-4,7-10,12H2. The fraction of sp³-hybridized carbons (Fsp3) is 0.625. The van der Waals surface area contributed by atoms with E-state index in [4.69, 9.17) is 0 Å². The lowest BCUT2D eigenvalue weighted by atomic mass is 9.81. The van der Waals surface area contributed by atoms with Crippen LogP contribution in [0.5, 0.6) is 0 Å². The van der Waals surface area contributed by atoms with Crippen LogP contribution < -0.4 is 10.2 Å². The van der Waals surface area contributed by atoms with Gasteiger partial charge in [0.1, 0.15) is 5.82 Å². The smallest absolute Gasteiger partial charge is 0.139 e. The second kappa shape index (κ2) is 6.02. The predicted octanol–water partition coefficient (Wildman–Crippen LogP) is 4.09. The number of benzene rings is 1. The summed E-state index contributed by atoms with van der Waals surface area (Å²) in [6, 6.07) is 5.50. The van der Waals surface area contributed by atoms with Crippen molar-refractivity contribution in [1.29, 1.82) is 0 Å². The van der Waals surface area contributed by atoms with Gasteiger partial charge in [0.25, 0.3) is 0 Å². The highest BCUT2D eigenvalue weighted by atomic mass is 79.9. The molecule has 1 spiro atoms. The average molecular weight is 341 g/mol. The second-order valence-electron chi connectivity index (χ2n) is 6.14. The maximum absolute atomic E-state index is 13.8. The van der Waals surface area contributed by atoms with Crippen molar-refractivity contribution in [2.45, 2.75) is 44.1 Å². The molecule has 3 rings (SSSR count). The van der Waals surface area contributed by atoms with Gasteiger partial charge in [0.15, 0.2) is 0 Å². The third-order valence-electron chi connectivity index (χ3n) is 4.68. The highest BCUT2D eigenvalue weighted by molar-refractivity contribution is 9.10. The molecule has 1 aromatic rings. The van der Waals surface area contributed by atoms with E-state index in [-0.39, 0.29) is 11.4 Å². The van der Waals surface area contributed by atoms with Crippen LogP contribution in [0, 0.1) is 5.82 Å². The van der Waals surface area contributed by atoms with Crippen molar-refractivity contribution in [3.8, 4) is 0 Å². The Balaban J connectivity index is 1.82. The first-order valence-corrected chi connectivity index (χ1v) is 8.43. The summed E-state index contributed by atoms with van der Waals surface area (Å²) in [6.45, 7) is 3.10. The molecule has 2 fully saturated rings. The van der Waals surface area contributed by atoms with Gasteiger partial charge in [0.05, 0.1) is 4.47 Å². The summed E-state index contributed by atoms with van der Waals surface area (Å²) in [4.78, 5) is 2.36. The van der Waals surface area contributed by atoms with Crippen LogP contribution in [-0.2, 0) is 0 Å². The van der Waals surface area contributed by atoms with E-state index in [1.165, 1.54) is 32.1 Å². The molecule has 0 atom stereocenters. The number of anilines is 1. The van der Waals surface area contributed by atoms with E-state index < -0.39 is 0 Å². The van der Waals surface area contributed by atoms with E-state index in [1.54, 1.807) is 6.07 Å². The van der Waals surface area contributed by atoms with Crippen LogP contribution >= 0.6 is 15.9 Å². The maximum atomic E-state index is 13.8. The zero-order valence-corrected chi connectivity index (χ0v) is 13.4. The Morgan fingerprint density at radius 3 is 2.70 bits per heavy atom. The molecule has 2 aliphatic rings. The first-order chi connectivity index (χ1) is 9.69. The number of rotatable bonds is 1. The first kappa shape index (κ1) is 14.3. The van der Waals surface area contributed by atoms with Crippen LogP contribution in [0.2, 0.25) is 0 Å². The van der Waals surface area contributed by atoms with Crippen LogP contribution in [-0.4, -0.2) is 25.2 Å². The van der Waals surface area contributed by atoms with Gasteiger partial charge in [-0.25, -0.2) is 4.39 Å². The van der Waals surface area contributed by atoms with Crippen molar-refractivity contribution in [1.82, 2.24) is 5.32 Å². The number of hydrogen-bond donors (Lipinski definition) is 1. The molecule has 1 heterocycles. The fourth-order valence-electron chi connectivity index (χ4n) is 3.59. The van der Waals surface area contributed by atoms with E-state index in [9.17, 15) is 4.39 Å². The predicted molar refractivity (Wildman–Crippen MR) is 84.7 cm³/mol. The van der Waals surface area contributed by atoms with Gasteiger partial charge in [-0.15, -0.1) is 0 Å². The molecule has 0 unspecified atom stereocenters. The molecule has 0 amide bonds. The van der Waals surface area contributed by atoms with E-state index in [0.717, 1.165) is 31.7 Å². The molecule has 1 saturated heterocycles. The van der Waals surface area contributed by atoms with Crippen molar-refractivity contribution < 1.29 is 4.39 Å². The van der Waals surface area contributed by atoms with Crippen molar-refractivity contribution in [3.05, 3.63) is 28.5 Å². The largest absolute Gasteiger partial charge is 0.370 e. The lowest BCUT2D eigenvalue weighted by Gasteiger charge is -2.40. The normalized spacial score (nSPS) is 22.8. The van der Waals surface area contributed by atoms with Crippen LogP contribution in [0.4, 0.5) is 10.1 Å². The van der Waals surface area contributed by atoms with E-state index in [1.807, 2.05) is 12.1 Å². The fourth-order valence-corrected chi connectivity index (χ4v) is 3.84. The van der Waals surface area contributed by atoms with E-state index >= 15 is 0 Å². The molecule has 0 bridgehead atoms. The molecule has 20 heavy (non-hydrogen) atoms. The Labute approximate surface area is 128 Å². The zero-order valence-electron chi connectivity index (χ0n) is 11.8. The topological polar surface area (TPSA) is 15.3 Å². The molecule has 1 N–H and O–H groups in total. The van der Waals surface area contributed by atoms with Gasteiger partial charge in [-0.05, 0) is 59.9 Å². The second-order valence-corrected chi connectivity index (χ2v) is 7.00. The zero-order chi connectivity index (χ0) is 14.0.